The number of hydrogen-bond donors (Lipinski definition) is 2. The average molecular weight is 601 g/mol. The lowest BCUT2D eigenvalue weighted by Gasteiger charge is -2.34. The Bertz CT molecular complexity index is 1890. The number of carbonyl (C=O) groups excluding carboxylic acids is 1. The summed E-state index contributed by atoms with van der Waals surface area (Å²) in [5.74, 6) is 2.36. The standard InChI is InChI=1S/C32H32N12O/c33-19-23-10-13-37-32(38-23)42-17-15-41(16-18-42)20-22-4-6-24(7-5-22)44-30(25-3-1-11-36-29(25)34)39-26-8-9-27(40-31(26)44)43-14-2-12-35-28(45)21-43/h1,3-11,13H,2,12,14-18,20-21H2,(H2,34,36)(H,35,45). The Morgan fingerprint density at radius 3 is 2.53 bits per heavy atom. The number of amides is 1. The van der Waals surface area contributed by atoms with Crippen LogP contribution in [0.25, 0.3) is 28.2 Å². The summed E-state index contributed by atoms with van der Waals surface area (Å²) in [5.41, 5.74) is 10.9. The van der Waals surface area contributed by atoms with Crippen molar-refractivity contribution in [3.05, 3.63) is 78.2 Å². The van der Waals surface area contributed by atoms with Gasteiger partial charge in [0.1, 0.15) is 28.9 Å². The molecule has 13 nitrogen and oxygen atoms in total. The van der Waals surface area contributed by atoms with Gasteiger partial charge >= 0.3 is 0 Å². The molecule has 0 atom stereocenters. The third kappa shape index (κ3) is 5.83. The Kier molecular flexibility index (Phi) is 7.62. The molecule has 4 aromatic heterocycles. The molecule has 13 heteroatoms. The van der Waals surface area contributed by atoms with E-state index >= 15 is 0 Å². The maximum absolute atomic E-state index is 12.3. The molecule has 2 saturated heterocycles. The summed E-state index contributed by atoms with van der Waals surface area (Å²) in [5, 5.41) is 12.1. The van der Waals surface area contributed by atoms with Crippen molar-refractivity contribution in [3.8, 4) is 23.1 Å². The largest absolute Gasteiger partial charge is 0.383 e. The number of rotatable bonds is 6. The van der Waals surface area contributed by atoms with Gasteiger partial charge in [0.05, 0.1) is 12.1 Å². The molecule has 1 amide bonds. The Morgan fingerprint density at radius 1 is 0.889 bits per heavy atom. The zero-order valence-corrected chi connectivity index (χ0v) is 24.7. The molecular formula is C32H32N12O. The highest BCUT2D eigenvalue weighted by Crippen LogP contribution is 2.31. The minimum absolute atomic E-state index is 0.00902. The molecule has 6 heterocycles. The van der Waals surface area contributed by atoms with E-state index in [1.807, 2.05) is 33.7 Å². The average Bonchev–Trinajstić information content (AvgIpc) is 3.31. The summed E-state index contributed by atoms with van der Waals surface area (Å²) in [4.78, 5) is 41.8. The molecule has 7 rings (SSSR count). The molecule has 0 radical (unpaired) electrons. The number of nitriles is 1. The molecule has 2 aliphatic rings. The van der Waals surface area contributed by atoms with Crippen LogP contribution in [0, 0.1) is 11.3 Å². The number of nitrogens with zero attached hydrogens (tertiary/aromatic N) is 10. The molecule has 1 aromatic carbocycles. The highest BCUT2D eigenvalue weighted by molar-refractivity contribution is 5.85. The third-order valence-electron chi connectivity index (χ3n) is 8.17. The molecular weight excluding hydrogens is 568 g/mol. The van der Waals surface area contributed by atoms with Crippen molar-refractivity contribution in [2.45, 2.75) is 13.0 Å². The summed E-state index contributed by atoms with van der Waals surface area (Å²) < 4.78 is 2.02. The van der Waals surface area contributed by atoms with E-state index in [1.54, 1.807) is 18.5 Å². The van der Waals surface area contributed by atoms with Gasteiger partial charge in [0.2, 0.25) is 11.9 Å². The van der Waals surface area contributed by atoms with Gasteiger partial charge in [-0.3, -0.25) is 14.3 Å². The van der Waals surface area contributed by atoms with Crippen molar-refractivity contribution in [3.63, 3.8) is 0 Å². The van der Waals surface area contributed by atoms with Crippen LogP contribution in [-0.2, 0) is 11.3 Å². The van der Waals surface area contributed by atoms with Crippen LogP contribution >= 0.6 is 0 Å². The number of imidazole rings is 1. The molecule has 0 unspecified atom stereocenters. The molecule has 226 valence electrons. The van der Waals surface area contributed by atoms with E-state index in [4.69, 9.17) is 21.0 Å². The number of nitrogen functional groups attached to an aromatic ring is 1. The van der Waals surface area contributed by atoms with Crippen molar-refractivity contribution in [1.29, 1.82) is 5.26 Å². The zero-order chi connectivity index (χ0) is 30.8. The van der Waals surface area contributed by atoms with Crippen LogP contribution in [0.5, 0.6) is 0 Å². The second-order valence-electron chi connectivity index (χ2n) is 11.1. The number of fused-ring (bicyclic) bond motifs is 1. The van der Waals surface area contributed by atoms with E-state index in [2.05, 4.69) is 60.4 Å². The number of piperazine rings is 1. The number of pyridine rings is 2. The Morgan fingerprint density at radius 2 is 1.73 bits per heavy atom. The predicted molar refractivity (Wildman–Crippen MR) is 171 cm³/mol. The first-order chi connectivity index (χ1) is 22.1. The zero-order valence-electron chi connectivity index (χ0n) is 24.7. The van der Waals surface area contributed by atoms with Crippen molar-refractivity contribution in [1.82, 2.24) is 39.7 Å². The van der Waals surface area contributed by atoms with E-state index in [-0.39, 0.29) is 12.5 Å². The first-order valence-corrected chi connectivity index (χ1v) is 15.0. The van der Waals surface area contributed by atoms with Gasteiger partial charge in [0.15, 0.2) is 11.5 Å². The first kappa shape index (κ1) is 28.2. The van der Waals surface area contributed by atoms with Gasteiger partial charge in [0.25, 0.3) is 0 Å². The number of carbonyl (C=O) groups is 1. The monoisotopic (exact) mass is 600 g/mol. The number of hydrogen-bond acceptors (Lipinski definition) is 11. The number of anilines is 3. The van der Waals surface area contributed by atoms with Crippen LogP contribution < -0.4 is 20.9 Å². The Hall–Kier alpha value is -5.61. The minimum Gasteiger partial charge on any atom is -0.383 e. The maximum atomic E-state index is 12.3. The molecule has 0 bridgehead atoms. The number of benzene rings is 1. The lowest BCUT2D eigenvalue weighted by atomic mass is 10.1. The lowest BCUT2D eigenvalue weighted by Crippen LogP contribution is -2.46. The SMILES string of the molecule is N#Cc1ccnc(N2CCN(Cc3ccc(-n4c(-c5cccnc5N)nc5ccc(N6CCCNC(=O)C6)nc54)cc3)CC2)n1. The van der Waals surface area contributed by atoms with Gasteiger partial charge in [-0.2, -0.15) is 5.26 Å². The van der Waals surface area contributed by atoms with Gasteiger partial charge in [-0.15, -0.1) is 0 Å². The molecule has 0 spiro atoms. The number of nitrogens with two attached hydrogens (primary N) is 1. The summed E-state index contributed by atoms with van der Waals surface area (Å²) in [6.45, 7) is 5.76. The first-order valence-electron chi connectivity index (χ1n) is 15.0. The highest BCUT2D eigenvalue weighted by Gasteiger charge is 2.22. The number of aromatic nitrogens is 6. The summed E-state index contributed by atoms with van der Waals surface area (Å²) in [7, 11) is 0. The molecule has 0 aliphatic carbocycles. The molecule has 45 heavy (non-hydrogen) atoms. The van der Waals surface area contributed by atoms with Crippen LogP contribution in [0.4, 0.5) is 17.6 Å². The minimum atomic E-state index is -0.00902. The number of nitrogens with one attached hydrogen (secondary N) is 1. The fraction of sp³-hybridized carbons (Fsp3) is 0.281. The van der Waals surface area contributed by atoms with Gasteiger partial charge in [0, 0.05) is 63.9 Å². The van der Waals surface area contributed by atoms with E-state index in [0.29, 0.717) is 35.5 Å². The normalized spacial score (nSPS) is 15.9. The second kappa shape index (κ2) is 12.2. The van der Waals surface area contributed by atoms with Gasteiger partial charge in [-0.05, 0) is 54.4 Å². The summed E-state index contributed by atoms with van der Waals surface area (Å²) in [6, 6.07) is 19.8. The van der Waals surface area contributed by atoms with Crippen molar-refractivity contribution in [2.24, 2.45) is 0 Å². The van der Waals surface area contributed by atoms with E-state index < -0.39 is 0 Å². The highest BCUT2D eigenvalue weighted by atomic mass is 16.2. The lowest BCUT2D eigenvalue weighted by molar-refractivity contribution is -0.119. The topological polar surface area (TPSA) is 158 Å². The van der Waals surface area contributed by atoms with Crippen molar-refractivity contribution >= 4 is 34.7 Å². The quantitative estimate of drug-likeness (QED) is 0.295. The van der Waals surface area contributed by atoms with Gasteiger partial charge < -0.3 is 20.9 Å². The van der Waals surface area contributed by atoms with Crippen LogP contribution in [0.3, 0.4) is 0 Å². The third-order valence-corrected chi connectivity index (χ3v) is 8.17. The van der Waals surface area contributed by atoms with Crippen LogP contribution in [0.1, 0.15) is 17.7 Å². The Labute approximate surface area is 260 Å². The van der Waals surface area contributed by atoms with Gasteiger partial charge in [-0.1, -0.05) is 12.1 Å². The second-order valence-corrected chi connectivity index (χ2v) is 11.1. The molecule has 2 aliphatic heterocycles. The molecule has 0 saturated carbocycles. The molecule has 3 N–H and O–H groups in total. The van der Waals surface area contributed by atoms with Crippen LogP contribution in [0.15, 0.2) is 67.0 Å². The molecule has 5 aromatic rings. The fourth-order valence-corrected chi connectivity index (χ4v) is 5.83. The molecule has 2 fully saturated rings. The van der Waals surface area contributed by atoms with E-state index in [9.17, 15) is 4.79 Å². The Balaban J connectivity index is 1.16. The summed E-state index contributed by atoms with van der Waals surface area (Å²) in [6.07, 6.45) is 4.15. The smallest absolute Gasteiger partial charge is 0.239 e. The summed E-state index contributed by atoms with van der Waals surface area (Å²) >= 11 is 0. The van der Waals surface area contributed by atoms with Gasteiger partial charge in [-0.25, -0.2) is 24.9 Å². The van der Waals surface area contributed by atoms with Crippen LogP contribution in [-0.4, -0.2) is 86.1 Å². The fourth-order valence-electron chi connectivity index (χ4n) is 5.83. The maximum Gasteiger partial charge on any atom is 0.239 e. The predicted octanol–water partition coefficient (Wildman–Crippen LogP) is 2.37. The van der Waals surface area contributed by atoms with Crippen molar-refractivity contribution in [2.75, 3.05) is 61.3 Å². The van der Waals surface area contributed by atoms with Crippen LogP contribution in [0.2, 0.25) is 0 Å². The van der Waals surface area contributed by atoms with E-state index in [0.717, 1.165) is 68.3 Å². The van der Waals surface area contributed by atoms with E-state index in [1.165, 1.54) is 5.56 Å². The van der Waals surface area contributed by atoms with Crippen molar-refractivity contribution < 1.29 is 4.79 Å².